The van der Waals surface area contributed by atoms with E-state index in [9.17, 15) is 14.7 Å². The molecule has 0 radical (unpaired) electrons. The number of nitrogens with zero attached hydrogens (tertiary/aromatic N) is 1. The SMILES string of the molecule is Cc1ccc(/C(O)=C2\C(=O)C(=O)N(Cc3ccco3)C2c2c(C)[nH]c3ccccc23)cc1C. The lowest BCUT2D eigenvalue weighted by Crippen LogP contribution is -2.29. The summed E-state index contributed by atoms with van der Waals surface area (Å²) in [5.74, 6) is -0.975. The number of carbonyl (C=O) groups is 2. The molecule has 1 fully saturated rings. The average Bonchev–Trinajstić information content (AvgIpc) is 3.48. The smallest absolute Gasteiger partial charge is 0.296 e. The van der Waals surface area contributed by atoms with Gasteiger partial charge in [-0.25, -0.2) is 0 Å². The number of para-hydroxylation sites is 1. The Hall–Kier alpha value is -4.06. The van der Waals surface area contributed by atoms with Crippen molar-refractivity contribution in [2.45, 2.75) is 33.4 Å². The average molecular weight is 440 g/mol. The maximum absolute atomic E-state index is 13.3. The minimum Gasteiger partial charge on any atom is -0.507 e. The predicted octanol–water partition coefficient (Wildman–Crippen LogP) is 5.31. The van der Waals surface area contributed by atoms with Crippen molar-refractivity contribution < 1.29 is 19.1 Å². The van der Waals surface area contributed by atoms with Crippen LogP contribution in [0, 0.1) is 20.8 Å². The van der Waals surface area contributed by atoms with E-state index in [1.807, 2.05) is 57.2 Å². The van der Waals surface area contributed by atoms with E-state index >= 15 is 0 Å². The first-order valence-corrected chi connectivity index (χ1v) is 10.8. The highest BCUT2D eigenvalue weighted by atomic mass is 16.3. The molecule has 166 valence electrons. The Balaban J connectivity index is 1.76. The van der Waals surface area contributed by atoms with Crippen LogP contribution >= 0.6 is 0 Å². The van der Waals surface area contributed by atoms with Crippen molar-refractivity contribution in [1.29, 1.82) is 0 Å². The molecule has 3 heterocycles. The van der Waals surface area contributed by atoms with Crippen LogP contribution in [0.4, 0.5) is 0 Å². The van der Waals surface area contributed by atoms with Gasteiger partial charge in [0.15, 0.2) is 0 Å². The predicted molar refractivity (Wildman–Crippen MR) is 126 cm³/mol. The molecule has 2 aromatic heterocycles. The topological polar surface area (TPSA) is 86.5 Å². The zero-order valence-electron chi connectivity index (χ0n) is 18.7. The molecule has 2 aromatic carbocycles. The maximum Gasteiger partial charge on any atom is 0.296 e. The van der Waals surface area contributed by atoms with Crippen molar-refractivity contribution in [2.24, 2.45) is 0 Å². The number of aliphatic hydroxyl groups is 1. The number of likely N-dealkylation sites (tertiary alicyclic amines) is 1. The summed E-state index contributed by atoms with van der Waals surface area (Å²) in [5.41, 5.74) is 5.19. The molecule has 33 heavy (non-hydrogen) atoms. The number of rotatable bonds is 4. The number of Topliss-reactive ketones (excluding diaryl/α,β-unsaturated/α-hetero) is 1. The van der Waals surface area contributed by atoms with Crippen LogP contribution in [-0.2, 0) is 16.1 Å². The molecule has 1 amide bonds. The first-order valence-electron chi connectivity index (χ1n) is 10.8. The third-order valence-electron chi connectivity index (χ3n) is 6.44. The van der Waals surface area contributed by atoms with Gasteiger partial charge in [0.05, 0.1) is 24.4 Å². The number of aromatic nitrogens is 1. The quantitative estimate of drug-likeness (QED) is 0.256. The Bertz CT molecular complexity index is 1430. The van der Waals surface area contributed by atoms with Crippen molar-refractivity contribution in [1.82, 2.24) is 9.88 Å². The van der Waals surface area contributed by atoms with Gasteiger partial charge >= 0.3 is 0 Å². The number of nitrogens with one attached hydrogen (secondary N) is 1. The number of amides is 1. The fraction of sp³-hybridized carbons (Fsp3) is 0.185. The fourth-order valence-electron chi connectivity index (χ4n) is 4.61. The van der Waals surface area contributed by atoms with Gasteiger partial charge in [0, 0.05) is 27.7 Å². The molecule has 1 aliphatic rings. The van der Waals surface area contributed by atoms with Crippen LogP contribution in [0.15, 0.2) is 70.9 Å². The molecule has 2 N–H and O–H groups in total. The van der Waals surface area contributed by atoms with Gasteiger partial charge in [-0.1, -0.05) is 30.3 Å². The molecule has 1 saturated heterocycles. The Kier molecular flexibility index (Phi) is 4.93. The van der Waals surface area contributed by atoms with Gasteiger partial charge in [-0.3, -0.25) is 9.59 Å². The van der Waals surface area contributed by atoms with E-state index < -0.39 is 17.7 Å². The number of aryl methyl sites for hydroxylation is 3. The van der Waals surface area contributed by atoms with Crippen molar-refractivity contribution >= 4 is 28.4 Å². The van der Waals surface area contributed by atoms with Gasteiger partial charge in [-0.15, -0.1) is 0 Å². The molecule has 0 spiro atoms. The van der Waals surface area contributed by atoms with Crippen molar-refractivity contribution in [2.75, 3.05) is 0 Å². The Morgan fingerprint density at radius 3 is 2.55 bits per heavy atom. The zero-order chi connectivity index (χ0) is 23.3. The molecule has 6 nitrogen and oxygen atoms in total. The van der Waals surface area contributed by atoms with Crippen LogP contribution in [0.25, 0.3) is 16.7 Å². The lowest BCUT2D eigenvalue weighted by molar-refractivity contribution is -0.140. The van der Waals surface area contributed by atoms with Gasteiger partial charge in [0.25, 0.3) is 11.7 Å². The minimum absolute atomic E-state index is 0.0858. The summed E-state index contributed by atoms with van der Waals surface area (Å²) < 4.78 is 5.48. The number of aliphatic hydroxyl groups excluding tert-OH is 1. The summed E-state index contributed by atoms with van der Waals surface area (Å²) >= 11 is 0. The summed E-state index contributed by atoms with van der Waals surface area (Å²) in [5, 5.41) is 12.2. The number of furan rings is 1. The fourth-order valence-corrected chi connectivity index (χ4v) is 4.61. The maximum atomic E-state index is 13.3. The van der Waals surface area contributed by atoms with Crippen LogP contribution in [0.3, 0.4) is 0 Å². The molecule has 4 aromatic rings. The highest BCUT2D eigenvalue weighted by Gasteiger charge is 2.47. The van der Waals surface area contributed by atoms with Crippen molar-refractivity contribution in [3.05, 3.63) is 100 Å². The van der Waals surface area contributed by atoms with Crippen molar-refractivity contribution in [3.8, 4) is 0 Å². The largest absolute Gasteiger partial charge is 0.507 e. The van der Waals surface area contributed by atoms with Crippen LogP contribution in [0.1, 0.15) is 39.7 Å². The third-order valence-corrected chi connectivity index (χ3v) is 6.44. The first kappa shape index (κ1) is 20.8. The van der Waals surface area contributed by atoms with Crippen LogP contribution < -0.4 is 0 Å². The normalized spacial score (nSPS) is 17.9. The van der Waals surface area contributed by atoms with Gasteiger partial charge < -0.3 is 19.4 Å². The molecule has 0 bridgehead atoms. The Morgan fingerprint density at radius 2 is 1.82 bits per heavy atom. The molecule has 5 rings (SSSR count). The standard InChI is InChI=1S/C27H24N2O4/c1-15-10-11-18(13-16(15)2)25(30)23-24(22-17(3)28-21-9-5-4-8-20(21)22)29(27(32)26(23)31)14-19-7-6-12-33-19/h4-13,24,28,30H,14H2,1-3H3/b25-23+. The van der Waals surface area contributed by atoms with E-state index in [1.54, 1.807) is 18.2 Å². The van der Waals surface area contributed by atoms with E-state index in [1.165, 1.54) is 11.2 Å². The first-order chi connectivity index (χ1) is 15.9. The van der Waals surface area contributed by atoms with Crippen LogP contribution in [-0.4, -0.2) is 26.7 Å². The van der Waals surface area contributed by atoms with E-state index in [0.29, 0.717) is 11.3 Å². The molecule has 1 unspecified atom stereocenters. The van der Waals surface area contributed by atoms with Gasteiger partial charge in [-0.2, -0.15) is 0 Å². The summed E-state index contributed by atoms with van der Waals surface area (Å²) in [6.45, 7) is 5.96. The van der Waals surface area contributed by atoms with E-state index in [0.717, 1.165) is 33.3 Å². The number of ketones is 1. The molecule has 0 saturated carbocycles. The highest BCUT2D eigenvalue weighted by Crippen LogP contribution is 2.44. The second-order valence-corrected chi connectivity index (χ2v) is 8.51. The van der Waals surface area contributed by atoms with Gasteiger partial charge in [-0.05, 0) is 56.2 Å². The monoisotopic (exact) mass is 440 g/mol. The van der Waals surface area contributed by atoms with E-state index in [-0.39, 0.29) is 17.9 Å². The van der Waals surface area contributed by atoms with Crippen molar-refractivity contribution in [3.63, 3.8) is 0 Å². The number of aromatic amines is 1. The second-order valence-electron chi connectivity index (χ2n) is 8.51. The van der Waals surface area contributed by atoms with E-state index in [2.05, 4.69) is 4.98 Å². The number of carbonyl (C=O) groups excluding carboxylic acids is 2. The number of hydrogen-bond donors (Lipinski definition) is 2. The second kappa shape index (κ2) is 7.81. The van der Waals surface area contributed by atoms with Gasteiger partial charge in [0.2, 0.25) is 0 Å². The lowest BCUT2D eigenvalue weighted by atomic mass is 9.92. The molecular weight excluding hydrogens is 416 g/mol. The Morgan fingerprint density at radius 1 is 1.03 bits per heavy atom. The minimum atomic E-state index is -0.757. The summed E-state index contributed by atoms with van der Waals surface area (Å²) in [6, 6.07) is 16.0. The van der Waals surface area contributed by atoms with Crippen LogP contribution in [0.2, 0.25) is 0 Å². The lowest BCUT2D eigenvalue weighted by Gasteiger charge is -2.25. The Labute approximate surface area is 191 Å². The summed E-state index contributed by atoms with van der Waals surface area (Å²) in [6.07, 6.45) is 1.53. The van der Waals surface area contributed by atoms with Crippen LogP contribution in [0.5, 0.6) is 0 Å². The zero-order valence-corrected chi connectivity index (χ0v) is 18.7. The third kappa shape index (κ3) is 3.35. The number of H-pyrrole nitrogens is 1. The van der Waals surface area contributed by atoms with E-state index in [4.69, 9.17) is 4.42 Å². The number of benzene rings is 2. The summed E-state index contributed by atoms with van der Waals surface area (Å²) in [7, 11) is 0. The molecular formula is C27H24N2O4. The van der Waals surface area contributed by atoms with Gasteiger partial charge in [0.1, 0.15) is 11.5 Å². The highest BCUT2D eigenvalue weighted by molar-refractivity contribution is 6.46. The summed E-state index contributed by atoms with van der Waals surface area (Å²) in [4.78, 5) is 31.4. The molecule has 1 atom stereocenters. The molecule has 1 aliphatic heterocycles. The molecule has 0 aliphatic carbocycles. The number of fused-ring (bicyclic) bond motifs is 1. The number of hydrogen-bond acceptors (Lipinski definition) is 4. The molecule has 6 heteroatoms.